The third-order valence-corrected chi connectivity index (χ3v) is 2.80. The Morgan fingerprint density at radius 3 is 2.25 bits per heavy atom. The van der Waals surface area contributed by atoms with Gasteiger partial charge in [-0.25, -0.2) is 0 Å². The second kappa shape index (κ2) is 5.87. The van der Waals surface area contributed by atoms with Gasteiger partial charge in [0, 0.05) is 11.5 Å². The number of hydrogen-bond acceptors (Lipinski definition) is 3. The van der Waals surface area contributed by atoms with E-state index in [4.69, 9.17) is 4.74 Å². The van der Waals surface area contributed by atoms with Crippen LogP contribution in [0.5, 0.6) is 5.75 Å². The summed E-state index contributed by atoms with van der Waals surface area (Å²) in [4.78, 5) is 0. The van der Waals surface area contributed by atoms with Crippen LogP contribution in [0, 0.1) is 0 Å². The Morgan fingerprint density at radius 1 is 1.19 bits per heavy atom. The molecule has 16 heavy (non-hydrogen) atoms. The summed E-state index contributed by atoms with van der Waals surface area (Å²) >= 11 is 0. The van der Waals surface area contributed by atoms with Gasteiger partial charge in [-0.2, -0.15) is 0 Å². The highest BCUT2D eigenvalue weighted by Gasteiger charge is 2.15. The van der Waals surface area contributed by atoms with Crippen molar-refractivity contribution in [2.45, 2.75) is 25.7 Å². The molecule has 0 heterocycles. The highest BCUT2D eigenvalue weighted by molar-refractivity contribution is 5.40. The lowest BCUT2D eigenvalue weighted by Crippen LogP contribution is -2.11. The predicted octanol–water partition coefficient (Wildman–Crippen LogP) is 1.89. The number of methoxy groups -OCH3 is 1. The Morgan fingerprint density at radius 2 is 1.81 bits per heavy atom. The molecule has 1 aromatic rings. The van der Waals surface area contributed by atoms with Crippen LogP contribution in [0.2, 0.25) is 0 Å². The molecule has 0 aliphatic heterocycles. The average Bonchev–Trinajstić information content (AvgIpc) is 2.30. The van der Waals surface area contributed by atoms with Crippen LogP contribution in [0.4, 0.5) is 0 Å². The molecule has 0 radical (unpaired) electrons. The maximum atomic E-state index is 9.21. The smallest absolute Gasteiger partial charge is 0.122 e. The molecule has 0 aliphatic rings. The molecule has 0 unspecified atom stereocenters. The molecule has 0 amide bonds. The van der Waals surface area contributed by atoms with E-state index in [-0.39, 0.29) is 19.1 Å². The first kappa shape index (κ1) is 13.0. The van der Waals surface area contributed by atoms with Gasteiger partial charge in [-0.05, 0) is 17.5 Å². The van der Waals surface area contributed by atoms with Crippen LogP contribution in [0.1, 0.15) is 36.8 Å². The van der Waals surface area contributed by atoms with Crippen LogP contribution < -0.4 is 4.74 Å². The van der Waals surface area contributed by atoms with Gasteiger partial charge < -0.3 is 14.9 Å². The summed E-state index contributed by atoms with van der Waals surface area (Å²) in [6.07, 6.45) is 0. The van der Waals surface area contributed by atoms with E-state index in [1.807, 2.05) is 18.2 Å². The van der Waals surface area contributed by atoms with Crippen molar-refractivity contribution < 1.29 is 14.9 Å². The van der Waals surface area contributed by atoms with Gasteiger partial charge in [0.05, 0.1) is 20.3 Å². The van der Waals surface area contributed by atoms with Crippen molar-refractivity contribution in [3.63, 3.8) is 0 Å². The van der Waals surface area contributed by atoms with Crippen molar-refractivity contribution in [2.24, 2.45) is 0 Å². The van der Waals surface area contributed by atoms with Crippen LogP contribution in [-0.4, -0.2) is 30.5 Å². The molecule has 1 aromatic carbocycles. The minimum absolute atomic E-state index is 0.0750. The first-order valence-electron chi connectivity index (χ1n) is 5.53. The van der Waals surface area contributed by atoms with Crippen molar-refractivity contribution >= 4 is 0 Å². The molecule has 1 rings (SSSR count). The Labute approximate surface area is 96.7 Å². The number of ether oxygens (including phenoxy) is 1. The normalized spacial score (nSPS) is 11.2. The largest absolute Gasteiger partial charge is 0.496 e. The van der Waals surface area contributed by atoms with Gasteiger partial charge in [0.1, 0.15) is 5.75 Å². The van der Waals surface area contributed by atoms with E-state index in [0.717, 1.165) is 11.3 Å². The maximum Gasteiger partial charge on any atom is 0.122 e. The van der Waals surface area contributed by atoms with E-state index in [1.54, 1.807) is 7.11 Å². The Hall–Kier alpha value is -1.06. The Balaban J connectivity index is 3.15. The van der Waals surface area contributed by atoms with Crippen LogP contribution in [0.25, 0.3) is 0 Å². The molecule has 2 N–H and O–H groups in total. The second-order valence-electron chi connectivity index (χ2n) is 4.22. The number of hydrogen-bond donors (Lipinski definition) is 2. The van der Waals surface area contributed by atoms with E-state index in [0.29, 0.717) is 5.92 Å². The van der Waals surface area contributed by atoms with Crippen LogP contribution in [0.15, 0.2) is 18.2 Å². The monoisotopic (exact) mass is 224 g/mol. The van der Waals surface area contributed by atoms with Gasteiger partial charge in [0.15, 0.2) is 0 Å². The fourth-order valence-corrected chi connectivity index (χ4v) is 1.69. The Kier molecular flexibility index (Phi) is 4.77. The first-order valence-corrected chi connectivity index (χ1v) is 5.53. The fraction of sp³-hybridized carbons (Fsp3) is 0.538. The molecular formula is C13H20O3. The molecule has 0 atom stereocenters. The zero-order chi connectivity index (χ0) is 12.1. The summed E-state index contributed by atoms with van der Waals surface area (Å²) in [6, 6.07) is 5.91. The Bertz CT molecular complexity index is 330. The van der Waals surface area contributed by atoms with Gasteiger partial charge in [-0.3, -0.25) is 0 Å². The van der Waals surface area contributed by atoms with Crippen molar-refractivity contribution in [3.8, 4) is 5.75 Å². The molecule has 0 saturated carbocycles. The zero-order valence-corrected chi connectivity index (χ0v) is 10.1. The van der Waals surface area contributed by atoms with E-state index in [9.17, 15) is 10.2 Å². The fourth-order valence-electron chi connectivity index (χ4n) is 1.69. The molecule has 90 valence electrons. The molecular weight excluding hydrogens is 204 g/mol. The number of aliphatic hydroxyl groups excluding tert-OH is 2. The topological polar surface area (TPSA) is 49.7 Å². The lowest BCUT2D eigenvalue weighted by molar-refractivity contribution is 0.190. The highest BCUT2D eigenvalue weighted by Crippen LogP contribution is 2.29. The second-order valence-corrected chi connectivity index (χ2v) is 4.22. The maximum absolute atomic E-state index is 9.21. The van der Waals surface area contributed by atoms with E-state index >= 15 is 0 Å². The van der Waals surface area contributed by atoms with Crippen molar-refractivity contribution in [1.29, 1.82) is 0 Å². The van der Waals surface area contributed by atoms with Crippen LogP contribution in [-0.2, 0) is 0 Å². The molecule has 0 fully saturated rings. The van der Waals surface area contributed by atoms with Gasteiger partial charge in [-0.15, -0.1) is 0 Å². The van der Waals surface area contributed by atoms with E-state index < -0.39 is 0 Å². The highest BCUT2D eigenvalue weighted by atomic mass is 16.5. The SMILES string of the molecule is COc1ccc(C(C)C)cc1C(CO)CO. The van der Waals surface area contributed by atoms with Crippen molar-refractivity contribution in [2.75, 3.05) is 20.3 Å². The summed E-state index contributed by atoms with van der Waals surface area (Å²) in [5.41, 5.74) is 2.06. The van der Waals surface area contributed by atoms with Gasteiger partial charge in [0.25, 0.3) is 0 Å². The molecule has 0 bridgehead atoms. The lowest BCUT2D eigenvalue weighted by Gasteiger charge is -2.17. The molecule has 3 nitrogen and oxygen atoms in total. The minimum Gasteiger partial charge on any atom is -0.496 e. The first-order chi connectivity index (χ1) is 7.63. The molecule has 0 saturated heterocycles. The number of rotatable bonds is 5. The standard InChI is InChI=1S/C13H20O3/c1-9(2)10-4-5-13(16-3)12(6-10)11(7-14)8-15/h4-6,9,11,14-15H,7-8H2,1-3H3. The molecule has 0 aromatic heterocycles. The predicted molar refractivity (Wildman–Crippen MR) is 64.0 cm³/mol. The summed E-state index contributed by atoms with van der Waals surface area (Å²) in [5.74, 6) is 0.869. The molecule has 0 aliphatic carbocycles. The van der Waals surface area contributed by atoms with Crippen molar-refractivity contribution in [1.82, 2.24) is 0 Å². The third-order valence-electron chi connectivity index (χ3n) is 2.80. The van der Waals surface area contributed by atoms with Gasteiger partial charge in [0.2, 0.25) is 0 Å². The van der Waals surface area contributed by atoms with Crippen molar-refractivity contribution in [3.05, 3.63) is 29.3 Å². The minimum atomic E-state index is -0.270. The van der Waals surface area contributed by atoms with E-state index in [1.165, 1.54) is 5.56 Å². The summed E-state index contributed by atoms with van der Waals surface area (Å²) in [5, 5.41) is 18.4. The summed E-state index contributed by atoms with van der Waals surface area (Å²) in [6.45, 7) is 4.07. The number of aliphatic hydroxyl groups is 2. The van der Waals surface area contributed by atoms with Gasteiger partial charge >= 0.3 is 0 Å². The summed E-state index contributed by atoms with van der Waals surface area (Å²) in [7, 11) is 1.60. The molecule has 0 spiro atoms. The average molecular weight is 224 g/mol. The van der Waals surface area contributed by atoms with E-state index in [2.05, 4.69) is 13.8 Å². The number of benzene rings is 1. The lowest BCUT2D eigenvalue weighted by atomic mass is 9.94. The third kappa shape index (κ3) is 2.74. The van der Waals surface area contributed by atoms with Crippen LogP contribution in [0.3, 0.4) is 0 Å². The summed E-state index contributed by atoms with van der Waals surface area (Å²) < 4.78 is 5.24. The quantitative estimate of drug-likeness (QED) is 0.803. The zero-order valence-electron chi connectivity index (χ0n) is 10.1. The van der Waals surface area contributed by atoms with Gasteiger partial charge in [-0.1, -0.05) is 26.0 Å². The van der Waals surface area contributed by atoms with Crippen LogP contribution >= 0.6 is 0 Å². The molecule has 3 heteroatoms.